The number of carboxylic acids is 1. The molecule has 1 aliphatic heterocycles. The van der Waals surface area contributed by atoms with Crippen molar-refractivity contribution in [2.24, 2.45) is 5.92 Å². The third kappa shape index (κ3) is 4.66. The zero-order chi connectivity index (χ0) is 17.7. The van der Waals surface area contributed by atoms with Crippen LogP contribution in [0.5, 0.6) is 0 Å². The molecule has 0 saturated carbocycles. The van der Waals surface area contributed by atoms with Gasteiger partial charge in [0.15, 0.2) is 5.78 Å². The van der Waals surface area contributed by atoms with Crippen LogP contribution in [0.4, 0.5) is 0 Å². The number of hydrogen-bond donors (Lipinski definition) is 1. The number of amides is 1. The minimum Gasteiger partial charge on any atom is -0.480 e. The quantitative estimate of drug-likeness (QED) is 0.780. The van der Waals surface area contributed by atoms with Crippen molar-refractivity contribution in [2.75, 3.05) is 6.54 Å². The van der Waals surface area contributed by atoms with Crippen LogP contribution in [-0.4, -0.2) is 40.3 Å². The molecule has 1 aromatic rings. The lowest BCUT2D eigenvalue weighted by Gasteiger charge is -2.21. The van der Waals surface area contributed by atoms with Gasteiger partial charge in [0.05, 0.1) is 0 Å². The molecule has 1 N–H and O–H groups in total. The summed E-state index contributed by atoms with van der Waals surface area (Å²) in [5.74, 6) is -0.727. The fourth-order valence-corrected chi connectivity index (χ4v) is 3.13. The van der Waals surface area contributed by atoms with Gasteiger partial charge in [-0.25, -0.2) is 4.79 Å². The van der Waals surface area contributed by atoms with E-state index in [9.17, 15) is 14.4 Å². The van der Waals surface area contributed by atoms with Gasteiger partial charge < -0.3 is 10.0 Å². The standard InChI is InChI=1S/C19H25NO4/c1-13(2)12-14-5-7-15(8-6-14)17(21)9-10-18(22)20-11-3-4-16(20)19(23)24/h5-8,13,16H,3-4,9-12H2,1-2H3,(H,23,24)/t16-/m0/s1. The van der Waals surface area contributed by atoms with Crippen LogP contribution >= 0.6 is 0 Å². The molecule has 5 nitrogen and oxygen atoms in total. The molecule has 1 saturated heterocycles. The van der Waals surface area contributed by atoms with E-state index in [1.807, 2.05) is 12.1 Å². The third-order valence-corrected chi connectivity index (χ3v) is 4.34. The molecular weight excluding hydrogens is 306 g/mol. The molecule has 1 amide bonds. The first-order valence-corrected chi connectivity index (χ1v) is 8.53. The summed E-state index contributed by atoms with van der Waals surface area (Å²) in [7, 11) is 0. The van der Waals surface area contributed by atoms with Gasteiger partial charge in [-0.15, -0.1) is 0 Å². The maximum Gasteiger partial charge on any atom is 0.326 e. The van der Waals surface area contributed by atoms with Crippen LogP contribution in [-0.2, 0) is 16.0 Å². The molecule has 2 rings (SSSR count). The van der Waals surface area contributed by atoms with Gasteiger partial charge in [0.1, 0.15) is 6.04 Å². The van der Waals surface area contributed by atoms with Crippen molar-refractivity contribution in [3.05, 3.63) is 35.4 Å². The van der Waals surface area contributed by atoms with E-state index in [-0.39, 0.29) is 24.5 Å². The first kappa shape index (κ1) is 18.2. The topological polar surface area (TPSA) is 74.7 Å². The van der Waals surface area contributed by atoms with Crippen LogP contribution in [0, 0.1) is 5.92 Å². The van der Waals surface area contributed by atoms with Gasteiger partial charge in [-0.05, 0) is 30.7 Å². The molecule has 0 bridgehead atoms. The summed E-state index contributed by atoms with van der Waals surface area (Å²) in [6, 6.07) is 6.79. The summed E-state index contributed by atoms with van der Waals surface area (Å²) in [6.07, 6.45) is 2.35. The summed E-state index contributed by atoms with van der Waals surface area (Å²) in [5, 5.41) is 9.12. The van der Waals surface area contributed by atoms with Crippen molar-refractivity contribution >= 4 is 17.7 Å². The molecule has 1 aliphatic rings. The molecule has 5 heteroatoms. The van der Waals surface area contributed by atoms with Gasteiger partial charge in [0, 0.05) is 24.9 Å². The minimum atomic E-state index is -0.965. The fraction of sp³-hybridized carbons (Fsp3) is 0.526. The highest BCUT2D eigenvalue weighted by Crippen LogP contribution is 2.19. The Morgan fingerprint density at radius 3 is 2.42 bits per heavy atom. The van der Waals surface area contributed by atoms with Crippen LogP contribution in [0.15, 0.2) is 24.3 Å². The highest BCUT2D eigenvalue weighted by Gasteiger charge is 2.33. The minimum absolute atomic E-state index is 0.0658. The maximum absolute atomic E-state index is 12.2. The average molecular weight is 331 g/mol. The zero-order valence-electron chi connectivity index (χ0n) is 14.3. The summed E-state index contributed by atoms with van der Waals surface area (Å²) in [6.45, 7) is 4.76. The lowest BCUT2D eigenvalue weighted by atomic mass is 9.99. The number of ketones is 1. The Bertz CT molecular complexity index is 606. The van der Waals surface area contributed by atoms with Crippen molar-refractivity contribution in [3.8, 4) is 0 Å². The van der Waals surface area contributed by atoms with Crippen LogP contribution in [0.2, 0.25) is 0 Å². The molecule has 0 aromatic heterocycles. The zero-order valence-corrected chi connectivity index (χ0v) is 14.3. The van der Waals surface area contributed by atoms with Gasteiger partial charge in [-0.1, -0.05) is 38.1 Å². The molecule has 0 aliphatic carbocycles. The van der Waals surface area contributed by atoms with E-state index in [1.165, 1.54) is 10.5 Å². The van der Waals surface area contributed by atoms with Gasteiger partial charge in [0.25, 0.3) is 0 Å². The van der Waals surface area contributed by atoms with E-state index in [2.05, 4.69) is 13.8 Å². The van der Waals surface area contributed by atoms with Gasteiger partial charge in [-0.2, -0.15) is 0 Å². The molecule has 0 radical (unpaired) electrons. The number of carbonyl (C=O) groups is 3. The number of benzene rings is 1. The molecule has 0 spiro atoms. The highest BCUT2D eigenvalue weighted by molar-refractivity contribution is 5.98. The van der Waals surface area contributed by atoms with Crippen LogP contribution in [0.25, 0.3) is 0 Å². The highest BCUT2D eigenvalue weighted by atomic mass is 16.4. The predicted octanol–water partition coefficient (Wildman–Crippen LogP) is 2.92. The summed E-state index contributed by atoms with van der Waals surface area (Å²) in [5.41, 5.74) is 1.80. The second-order valence-corrected chi connectivity index (χ2v) is 6.80. The Morgan fingerprint density at radius 2 is 1.83 bits per heavy atom. The summed E-state index contributed by atoms with van der Waals surface area (Å²) >= 11 is 0. The first-order valence-electron chi connectivity index (χ1n) is 8.53. The van der Waals surface area contributed by atoms with E-state index in [0.717, 1.165) is 6.42 Å². The van der Waals surface area contributed by atoms with Crippen LogP contribution in [0.1, 0.15) is 55.5 Å². The SMILES string of the molecule is CC(C)Cc1ccc(C(=O)CCC(=O)N2CCC[C@H]2C(=O)O)cc1. The largest absolute Gasteiger partial charge is 0.480 e. The van der Waals surface area contributed by atoms with Gasteiger partial charge >= 0.3 is 5.97 Å². The molecule has 0 unspecified atom stereocenters. The molecule has 1 aromatic carbocycles. The van der Waals surface area contributed by atoms with Crippen LogP contribution < -0.4 is 0 Å². The normalized spacial score (nSPS) is 17.3. The Hall–Kier alpha value is -2.17. The van der Waals surface area contributed by atoms with E-state index in [0.29, 0.717) is 30.9 Å². The number of nitrogens with zero attached hydrogens (tertiary/aromatic N) is 1. The van der Waals surface area contributed by atoms with Crippen LogP contribution in [0.3, 0.4) is 0 Å². The van der Waals surface area contributed by atoms with Crippen molar-refractivity contribution in [1.82, 2.24) is 4.90 Å². The van der Waals surface area contributed by atoms with Crippen molar-refractivity contribution < 1.29 is 19.5 Å². The van der Waals surface area contributed by atoms with E-state index < -0.39 is 12.0 Å². The number of aliphatic carboxylic acids is 1. The number of carboxylic acid groups (broad SMARTS) is 1. The number of rotatable bonds is 7. The first-order chi connectivity index (χ1) is 11.4. The Kier molecular flexibility index (Phi) is 6.12. The molecule has 130 valence electrons. The summed E-state index contributed by atoms with van der Waals surface area (Å²) in [4.78, 5) is 36.9. The number of likely N-dealkylation sites (tertiary alicyclic amines) is 1. The number of hydrogen-bond acceptors (Lipinski definition) is 3. The number of carbonyl (C=O) groups excluding carboxylic acids is 2. The van der Waals surface area contributed by atoms with Gasteiger partial charge in [-0.3, -0.25) is 9.59 Å². The molecule has 1 heterocycles. The van der Waals surface area contributed by atoms with Crippen molar-refractivity contribution in [2.45, 2.75) is 52.0 Å². The van der Waals surface area contributed by atoms with E-state index >= 15 is 0 Å². The average Bonchev–Trinajstić information content (AvgIpc) is 3.02. The lowest BCUT2D eigenvalue weighted by molar-refractivity contribution is -0.148. The molecule has 1 fully saturated rings. The molecule has 1 atom stereocenters. The summed E-state index contributed by atoms with van der Waals surface area (Å²) < 4.78 is 0. The molecular formula is C19H25NO4. The predicted molar refractivity (Wildman–Crippen MR) is 90.9 cm³/mol. The molecule has 24 heavy (non-hydrogen) atoms. The fourth-order valence-electron chi connectivity index (χ4n) is 3.13. The van der Waals surface area contributed by atoms with Crippen molar-refractivity contribution in [3.63, 3.8) is 0 Å². The maximum atomic E-state index is 12.2. The second kappa shape index (κ2) is 8.08. The monoisotopic (exact) mass is 331 g/mol. The van der Waals surface area contributed by atoms with E-state index in [1.54, 1.807) is 12.1 Å². The Labute approximate surface area is 142 Å². The Morgan fingerprint density at radius 1 is 1.17 bits per heavy atom. The van der Waals surface area contributed by atoms with E-state index in [4.69, 9.17) is 5.11 Å². The lowest BCUT2D eigenvalue weighted by Crippen LogP contribution is -2.40. The number of Topliss-reactive ketones (excluding diaryl/α,β-unsaturated/α-hetero) is 1. The third-order valence-electron chi connectivity index (χ3n) is 4.34. The Balaban J connectivity index is 1.88. The van der Waals surface area contributed by atoms with Crippen molar-refractivity contribution in [1.29, 1.82) is 0 Å². The smallest absolute Gasteiger partial charge is 0.326 e. The second-order valence-electron chi connectivity index (χ2n) is 6.80. The van der Waals surface area contributed by atoms with Gasteiger partial charge in [0.2, 0.25) is 5.91 Å².